The van der Waals surface area contributed by atoms with Crippen LogP contribution >= 0.6 is 0 Å². The summed E-state index contributed by atoms with van der Waals surface area (Å²) in [4.78, 5) is 0.712. The van der Waals surface area contributed by atoms with Crippen LogP contribution in [-0.2, 0) is 11.0 Å². The maximum absolute atomic E-state index is 11.4. The summed E-state index contributed by atoms with van der Waals surface area (Å²) in [6, 6.07) is 7.45. The van der Waals surface area contributed by atoms with Crippen molar-refractivity contribution in [3.8, 4) is 0 Å². The van der Waals surface area contributed by atoms with Crippen LogP contribution < -0.4 is 0 Å². The van der Waals surface area contributed by atoms with Gasteiger partial charge in [-0.05, 0) is 19.1 Å². The minimum Gasteiger partial charge on any atom is -0.229 e. The number of hydrogen-bond donors (Lipinski definition) is 0. The van der Waals surface area contributed by atoms with Crippen molar-refractivity contribution in [2.45, 2.75) is 11.8 Å². The van der Waals surface area contributed by atoms with E-state index < -0.39 is 11.0 Å². The first kappa shape index (κ1) is 9.86. The van der Waals surface area contributed by atoms with Crippen LogP contribution in [0.5, 0.6) is 0 Å². The van der Waals surface area contributed by atoms with Gasteiger partial charge in [0.2, 0.25) is 0 Å². The molecule has 0 spiro atoms. The second kappa shape index (κ2) is 4.72. The van der Waals surface area contributed by atoms with E-state index in [1.54, 1.807) is 0 Å². The molecule has 0 radical (unpaired) electrons. The second-order valence-corrected chi connectivity index (χ2v) is 3.73. The molecule has 0 amide bonds. The molecule has 1 rings (SSSR count). The molecule has 68 valence electrons. The summed E-state index contributed by atoms with van der Waals surface area (Å²) in [5.74, 6) is 0. The molecule has 13 heavy (non-hydrogen) atoms. The van der Waals surface area contributed by atoms with Crippen molar-refractivity contribution in [2.24, 2.45) is 4.40 Å². The Kier molecular flexibility index (Phi) is 3.58. The average Bonchev–Trinajstić information content (AvgIpc) is 2.15. The van der Waals surface area contributed by atoms with E-state index in [1.165, 1.54) is 12.3 Å². The van der Waals surface area contributed by atoms with E-state index in [0.717, 1.165) is 5.56 Å². The van der Waals surface area contributed by atoms with Crippen LogP contribution in [-0.4, -0.2) is 10.4 Å². The zero-order valence-corrected chi connectivity index (χ0v) is 8.25. The fourth-order valence-corrected chi connectivity index (χ4v) is 1.50. The molecule has 1 aromatic carbocycles. The summed E-state index contributed by atoms with van der Waals surface area (Å²) in [5, 5.41) is 0. The van der Waals surface area contributed by atoms with E-state index in [4.69, 9.17) is 0 Å². The Morgan fingerprint density at radius 1 is 1.38 bits per heavy atom. The van der Waals surface area contributed by atoms with E-state index >= 15 is 0 Å². The predicted octanol–water partition coefficient (Wildman–Crippen LogP) is 2.27. The number of allylic oxidation sites excluding steroid dienone is 1. The van der Waals surface area contributed by atoms with Gasteiger partial charge in [0.25, 0.3) is 0 Å². The Hall–Kier alpha value is -1.22. The summed E-state index contributed by atoms with van der Waals surface area (Å²) in [6.45, 7) is 5.44. The molecule has 0 aliphatic heterocycles. The summed E-state index contributed by atoms with van der Waals surface area (Å²) in [5.41, 5.74) is 1.15. The lowest BCUT2D eigenvalue weighted by Crippen LogP contribution is -1.86. The van der Waals surface area contributed by atoms with Gasteiger partial charge in [0.15, 0.2) is 11.0 Å². The normalized spacial score (nSPS) is 13.0. The molecule has 2 nitrogen and oxygen atoms in total. The van der Waals surface area contributed by atoms with Gasteiger partial charge >= 0.3 is 0 Å². The lowest BCUT2D eigenvalue weighted by atomic mass is 10.2. The summed E-state index contributed by atoms with van der Waals surface area (Å²) >= 11 is 0. The highest BCUT2D eigenvalue weighted by atomic mass is 32.2. The van der Waals surface area contributed by atoms with Crippen molar-refractivity contribution in [3.63, 3.8) is 0 Å². The molecule has 0 N–H and O–H groups in total. The molecule has 0 saturated heterocycles. The molecule has 1 atom stereocenters. The second-order valence-electron chi connectivity index (χ2n) is 2.55. The smallest absolute Gasteiger partial charge is 0.172 e. The monoisotopic (exact) mass is 193 g/mol. The van der Waals surface area contributed by atoms with E-state index in [1.807, 2.05) is 31.2 Å². The molecular weight excluding hydrogens is 182 g/mol. The molecule has 0 aromatic heterocycles. The van der Waals surface area contributed by atoms with Crippen LogP contribution in [0.15, 0.2) is 46.2 Å². The van der Waals surface area contributed by atoms with Crippen molar-refractivity contribution in [2.75, 3.05) is 0 Å². The maximum atomic E-state index is 11.4. The zero-order valence-electron chi connectivity index (χ0n) is 7.43. The Balaban J connectivity index is 2.83. The molecule has 0 aliphatic rings. The van der Waals surface area contributed by atoms with Gasteiger partial charge in [0, 0.05) is 6.21 Å². The first-order valence-electron chi connectivity index (χ1n) is 3.87. The molecule has 3 heteroatoms. The molecule has 0 aliphatic carbocycles. The number of rotatable bonds is 3. The van der Waals surface area contributed by atoms with Crippen LogP contribution in [0.2, 0.25) is 0 Å². The van der Waals surface area contributed by atoms with Crippen molar-refractivity contribution in [1.29, 1.82) is 0 Å². The first-order valence-corrected chi connectivity index (χ1v) is 4.98. The van der Waals surface area contributed by atoms with Gasteiger partial charge < -0.3 is 0 Å². The fourth-order valence-electron chi connectivity index (χ4n) is 0.814. The number of benzene rings is 1. The third kappa shape index (κ3) is 2.95. The minimum absolute atomic E-state index is 0.712. The van der Waals surface area contributed by atoms with Crippen LogP contribution in [0.4, 0.5) is 0 Å². The lowest BCUT2D eigenvalue weighted by molar-refractivity contribution is 0.684. The number of nitrogens with zero attached hydrogens (tertiary/aromatic N) is 1. The highest BCUT2D eigenvalue weighted by Gasteiger charge is 1.98. The Bertz CT molecular complexity index is 340. The van der Waals surface area contributed by atoms with Crippen molar-refractivity contribution in [1.82, 2.24) is 0 Å². The minimum atomic E-state index is -1.29. The van der Waals surface area contributed by atoms with Gasteiger partial charge in [-0.15, -0.1) is 0 Å². The van der Waals surface area contributed by atoms with Gasteiger partial charge in [-0.1, -0.05) is 30.4 Å². The summed E-state index contributed by atoms with van der Waals surface area (Å²) in [6.07, 6.45) is 2.95. The average molecular weight is 193 g/mol. The largest absolute Gasteiger partial charge is 0.229 e. The Labute approximate surface area is 80.6 Å². The third-order valence-corrected chi connectivity index (χ3v) is 2.47. The highest BCUT2D eigenvalue weighted by Crippen LogP contribution is 2.08. The van der Waals surface area contributed by atoms with Crippen LogP contribution in [0.1, 0.15) is 5.56 Å². The van der Waals surface area contributed by atoms with Gasteiger partial charge in [-0.3, -0.25) is 0 Å². The van der Waals surface area contributed by atoms with Gasteiger partial charge in [0.05, 0.1) is 4.90 Å². The van der Waals surface area contributed by atoms with E-state index in [2.05, 4.69) is 11.0 Å². The van der Waals surface area contributed by atoms with Gasteiger partial charge in [0.1, 0.15) is 0 Å². The standard InChI is InChI=1S/C10H11NOS/c1-3-8-11-13(12)10-6-4-9(2)5-7-10/h3-8H,1H2,2H3/b11-8+. The van der Waals surface area contributed by atoms with E-state index in [-0.39, 0.29) is 0 Å². The Morgan fingerprint density at radius 2 is 2.00 bits per heavy atom. The summed E-state index contributed by atoms with van der Waals surface area (Å²) in [7, 11) is -1.29. The zero-order chi connectivity index (χ0) is 9.68. The number of aryl methyl sites for hydroxylation is 1. The Morgan fingerprint density at radius 3 is 2.54 bits per heavy atom. The third-order valence-electron chi connectivity index (χ3n) is 1.48. The van der Waals surface area contributed by atoms with Gasteiger partial charge in [-0.25, -0.2) is 4.21 Å². The summed E-state index contributed by atoms with van der Waals surface area (Å²) < 4.78 is 15.2. The predicted molar refractivity (Wildman–Crippen MR) is 56.3 cm³/mol. The lowest BCUT2D eigenvalue weighted by Gasteiger charge is -1.95. The molecule has 0 heterocycles. The topological polar surface area (TPSA) is 29.4 Å². The van der Waals surface area contributed by atoms with Crippen molar-refractivity contribution in [3.05, 3.63) is 42.5 Å². The van der Waals surface area contributed by atoms with Crippen molar-refractivity contribution >= 4 is 17.2 Å². The van der Waals surface area contributed by atoms with E-state index in [0.29, 0.717) is 4.90 Å². The van der Waals surface area contributed by atoms with Crippen LogP contribution in [0.25, 0.3) is 0 Å². The molecular formula is C10H11NOS. The highest BCUT2D eigenvalue weighted by molar-refractivity contribution is 7.83. The van der Waals surface area contributed by atoms with Crippen LogP contribution in [0.3, 0.4) is 0 Å². The molecule has 1 aromatic rings. The SMILES string of the molecule is C=C/C=N/S(=O)c1ccc(C)cc1. The molecule has 1 unspecified atom stereocenters. The molecule has 0 saturated carbocycles. The molecule has 0 fully saturated rings. The maximum Gasteiger partial charge on any atom is 0.172 e. The van der Waals surface area contributed by atoms with Gasteiger partial charge in [-0.2, -0.15) is 4.40 Å². The van der Waals surface area contributed by atoms with E-state index in [9.17, 15) is 4.21 Å². The fraction of sp³-hybridized carbons (Fsp3) is 0.100. The molecule has 0 bridgehead atoms. The first-order chi connectivity index (χ1) is 6.24. The quantitative estimate of drug-likeness (QED) is 0.677. The van der Waals surface area contributed by atoms with Crippen molar-refractivity contribution < 1.29 is 4.21 Å². The number of hydrogen-bond acceptors (Lipinski definition) is 1. The van der Waals surface area contributed by atoms with Crippen LogP contribution in [0, 0.1) is 6.92 Å².